The lowest BCUT2D eigenvalue weighted by atomic mass is 9.80. The van der Waals surface area contributed by atoms with Gasteiger partial charge in [-0.05, 0) is 23.2 Å². The van der Waals surface area contributed by atoms with Crippen LogP contribution in [0, 0.1) is 0 Å². The topological polar surface area (TPSA) is 161 Å². The summed E-state index contributed by atoms with van der Waals surface area (Å²) in [7, 11) is -0.0979. The van der Waals surface area contributed by atoms with Gasteiger partial charge in [-0.15, -0.1) is 5.10 Å². The molecular weight excluding hydrogens is 401 g/mol. The highest BCUT2D eigenvalue weighted by Crippen LogP contribution is 2.26. The molecular formula is C19H18BN7O4. The maximum atomic E-state index is 11.7. The molecule has 1 amide bonds. The third-order valence-electron chi connectivity index (χ3n) is 4.57. The van der Waals surface area contributed by atoms with Crippen LogP contribution in [0.1, 0.15) is 15.9 Å². The van der Waals surface area contributed by atoms with Gasteiger partial charge in [0.25, 0.3) is 11.9 Å². The Balaban J connectivity index is 1.67. The van der Waals surface area contributed by atoms with Crippen molar-refractivity contribution in [2.45, 2.75) is 6.54 Å². The van der Waals surface area contributed by atoms with Gasteiger partial charge in [0.05, 0.1) is 24.4 Å². The monoisotopic (exact) mass is 419 g/mol. The van der Waals surface area contributed by atoms with Crippen molar-refractivity contribution in [3.63, 3.8) is 0 Å². The van der Waals surface area contributed by atoms with Crippen LogP contribution in [0.25, 0.3) is 17.0 Å². The molecule has 0 aliphatic heterocycles. The second-order valence-electron chi connectivity index (χ2n) is 6.59. The minimum absolute atomic E-state index is 0.173. The number of methoxy groups -OCH3 is 1. The molecule has 0 spiro atoms. The van der Waals surface area contributed by atoms with Crippen molar-refractivity contribution < 1.29 is 19.6 Å². The van der Waals surface area contributed by atoms with Crippen LogP contribution in [0.5, 0.6) is 6.01 Å². The number of hydrogen-bond acceptors (Lipinski definition) is 9. The normalized spacial score (nSPS) is 10.8. The standard InChI is InChI=1S/C19H18BN7O4/c1-31-19-25-16-13(17(21)28)6-3-7-14(16)27(19)18-24-15(10-23-26-18)22-9-11-4-2-5-12(8-11)20(29)30/h2-8,10,29-30H,9H2,1H3,(H2,21,28)(H,22,24,26). The molecule has 0 bridgehead atoms. The summed E-state index contributed by atoms with van der Waals surface area (Å²) in [6.45, 7) is 0.367. The van der Waals surface area contributed by atoms with E-state index >= 15 is 0 Å². The van der Waals surface area contributed by atoms with E-state index in [9.17, 15) is 14.8 Å². The molecule has 0 aliphatic carbocycles. The molecule has 0 saturated carbocycles. The molecule has 2 aromatic heterocycles. The van der Waals surface area contributed by atoms with Crippen molar-refractivity contribution in [2.75, 3.05) is 12.4 Å². The van der Waals surface area contributed by atoms with Crippen LogP contribution < -0.4 is 21.3 Å². The quantitative estimate of drug-likeness (QED) is 0.292. The summed E-state index contributed by atoms with van der Waals surface area (Å²) < 4.78 is 6.88. The molecule has 0 aliphatic rings. The van der Waals surface area contributed by atoms with Crippen LogP contribution >= 0.6 is 0 Å². The zero-order valence-corrected chi connectivity index (χ0v) is 16.4. The highest BCUT2D eigenvalue weighted by Gasteiger charge is 2.20. The van der Waals surface area contributed by atoms with E-state index < -0.39 is 13.0 Å². The fourth-order valence-electron chi connectivity index (χ4n) is 3.14. The Morgan fingerprint density at radius 3 is 2.77 bits per heavy atom. The summed E-state index contributed by atoms with van der Waals surface area (Å²) in [6.07, 6.45) is 1.45. The van der Waals surface area contributed by atoms with Crippen molar-refractivity contribution in [2.24, 2.45) is 5.73 Å². The second-order valence-corrected chi connectivity index (χ2v) is 6.59. The number of imidazole rings is 1. The smallest absolute Gasteiger partial charge is 0.468 e. The van der Waals surface area contributed by atoms with E-state index in [0.29, 0.717) is 28.9 Å². The third-order valence-corrected chi connectivity index (χ3v) is 4.57. The van der Waals surface area contributed by atoms with Crippen molar-refractivity contribution in [1.82, 2.24) is 24.7 Å². The number of hydrogen-bond donors (Lipinski definition) is 4. The number of carbonyl (C=O) groups excluding carboxylic acids is 1. The third kappa shape index (κ3) is 4.02. The van der Waals surface area contributed by atoms with Gasteiger partial charge >= 0.3 is 13.1 Å². The lowest BCUT2D eigenvalue weighted by Gasteiger charge is -2.09. The summed E-state index contributed by atoms with van der Waals surface area (Å²) in [5.41, 5.74) is 7.82. The number of primary amides is 1. The van der Waals surface area contributed by atoms with E-state index in [1.54, 1.807) is 36.4 Å². The molecule has 2 aromatic carbocycles. The van der Waals surface area contributed by atoms with Crippen LogP contribution in [0.3, 0.4) is 0 Å². The number of benzene rings is 2. The first-order valence-electron chi connectivity index (χ1n) is 9.22. The van der Waals surface area contributed by atoms with Crippen molar-refractivity contribution in [3.05, 3.63) is 59.8 Å². The lowest BCUT2D eigenvalue weighted by Crippen LogP contribution is -2.30. The van der Waals surface area contributed by atoms with Gasteiger partial charge in [0, 0.05) is 6.54 Å². The summed E-state index contributed by atoms with van der Waals surface area (Å²) in [5, 5.41) is 29.8. The van der Waals surface area contributed by atoms with Gasteiger partial charge < -0.3 is 25.8 Å². The molecule has 0 atom stereocenters. The first-order chi connectivity index (χ1) is 15.0. The Bertz CT molecular complexity index is 1260. The molecule has 2 heterocycles. The number of aromatic nitrogens is 5. The van der Waals surface area contributed by atoms with E-state index in [-0.39, 0.29) is 17.5 Å². The van der Waals surface area contributed by atoms with Crippen molar-refractivity contribution in [1.29, 1.82) is 0 Å². The molecule has 11 nitrogen and oxygen atoms in total. The number of carbonyl (C=O) groups is 1. The number of amides is 1. The van der Waals surface area contributed by atoms with Gasteiger partial charge in [0.2, 0.25) is 0 Å². The molecule has 0 saturated heterocycles. The van der Waals surface area contributed by atoms with Gasteiger partial charge in [-0.2, -0.15) is 15.1 Å². The lowest BCUT2D eigenvalue weighted by molar-refractivity contribution is 0.100. The first-order valence-corrected chi connectivity index (χ1v) is 9.22. The predicted molar refractivity (Wildman–Crippen MR) is 113 cm³/mol. The Kier molecular flexibility index (Phi) is 5.47. The van der Waals surface area contributed by atoms with E-state index in [0.717, 1.165) is 5.56 Å². The number of nitrogens with zero attached hydrogens (tertiary/aromatic N) is 5. The Hall–Kier alpha value is -4.03. The molecule has 0 unspecified atom stereocenters. The van der Waals surface area contributed by atoms with Crippen LogP contribution in [0.15, 0.2) is 48.7 Å². The molecule has 0 fully saturated rings. The number of fused-ring (bicyclic) bond motifs is 1. The van der Waals surface area contributed by atoms with Crippen LogP contribution in [-0.4, -0.2) is 54.9 Å². The maximum Gasteiger partial charge on any atom is 0.488 e. The Morgan fingerprint density at radius 2 is 2.03 bits per heavy atom. The molecule has 0 radical (unpaired) electrons. The van der Waals surface area contributed by atoms with Crippen LogP contribution in [0.4, 0.5) is 5.82 Å². The number of nitrogens with two attached hydrogens (primary N) is 1. The number of nitrogens with one attached hydrogen (secondary N) is 1. The minimum atomic E-state index is -1.54. The molecule has 4 aromatic rings. The molecule has 5 N–H and O–H groups in total. The summed E-state index contributed by atoms with van der Waals surface area (Å²) in [5.74, 6) is 0.00278. The van der Waals surface area contributed by atoms with E-state index in [2.05, 4.69) is 25.5 Å². The number of rotatable bonds is 7. The second kappa shape index (κ2) is 8.38. The van der Waals surface area contributed by atoms with Gasteiger partial charge in [-0.3, -0.25) is 4.79 Å². The average Bonchev–Trinajstić information content (AvgIpc) is 3.16. The summed E-state index contributed by atoms with van der Waals surface area (Å²) in [4.78, 5) is 20.6. The van der Waals surface area contributed by atoms with E-state index in [1.807, 2.05) is 6.07 Å². The van der Waals surface area contributed by atoms with Gasteiger partial charge in [0.15, 0.2) is 5.82 Å². The summed E-state index contributed by atoms with van der Waals surface area (Å²) in [6, 6.07) is 12.0. The fourth-order valence-corrected chi connectivity index (χ4v) is 3.14. The van der Waals surface area contributed by atoms with Gasteiger partial charge in [-0.1, -0.05) is 30.3 Å². The highest BCUT2D eigenvalue weighted by atomic mass is 16.5. The van der Waals surface area contributed by atoms with E-state index in [4.69, 9.17) is 10.5 Å². The average molecular weight is 419 g/mol. The molecule has 31 heavy (non-hydrogen) atoms. The SMILES string of the molecule is COc1nc2c(C(N)=O)cccc2n1-c1nncc(NCc2cccc(B(O)O)c2)n1. The van der Waals surface area contributed by atoms with Gasteiger partial charge in [-0.25, -0.2) is 4.57 Å². The van der Waals surface area contributed by atoms with E-state index in [1.165, 1.54) is 17.9 Å². The largest absolute Gasteiger partial charge is 0.488 e. The molecule has 12 heteroatoms. The zero-order valence-electron chi connectivity index (χ0n) is 16.4. The summed E-state index contributed by atoms with van der Waals surface area (Å²) >= 11 is 0. The first kappa shape index (κ1) is 20.3. The Labute approximate surface area is 176 Å². The molecule has 4 rings (SSSR count). The predicted octanol–water partition coefficient (Wildman–Crippen LogP) is -0.390. The Morgan fingerprint density at radius 1 is 1.23 bits per heavy atom. The highest BCUT2D eigenvalue weighted by molar-refractivity contribution is 6.58. The maximum absolute atomic E-state index is 11.7. The van der Waals surface area contributed by atoms with Crippen LogP contribution in [0.2, 0.25) is 0 Å². The number of para-hydroxylation sites is 1. The number of ether oxygens (including phenoxy) is 1. The van der Waals surface area contributed by atoms with Crippen LogP contribution in [-0.2, 0) is 6.54 Å². The van der Waals surface area contributed by atoms with Crippen molar-refractivity contribution >= 4 is 35.3 Å². The molecule has 156 valence electrons. The minimum Gasteiger partial charge on any atom is -0.468 e. The fraction of sp³-hybridized carbons (Fsp3) is 0.105. The number of anilines is 1. The van der Waals surface area contributed by atoms with Gasteiger partial charge in [0.1, 0.15) is 5.52 Å². The van der Waals surface area contributed by atoms with Crippen molar-refractivity contribution in [3.8, 4) is 12.0 Å². The zero-order chi connectivity index (χ0) is 22.0.